The summed E-state index contributed by atoms with van der Waals surface area (Å²) in [6.45, 7) is 15.7. The first-order valence-electron chi connectivity index (χ1n) is 23.5. The van der Waals surface area contributed by atoms with Gasteiger partial charge in [0.2, 0.25) is 0 Å². The van der Waals surface area contributed by atoms with E-state index in [1.165, 1.54) is 25.7 Å². The number of benzene rings is 4. The van der Waals surface area contributed by atoms with Gasteiger partial charge >= 0.3 is 350 Å². The van der Waals surface area contributed by atoms with Crippen molar-refractivity contribution >= 4 is 45.0 Å². The summed E-state index contributed by atoms with van der Waals surface area (Å²) < 4.78 is 15.6. The maximum absolute atomic E-state index is 6.43. The van der Waals surface area contributed by atoms with Crippen molar-refractivity contribution in [3.05, 3.63) is 121 Å². The summed E-state index contributed by atoms with van der Waals surface area (Å²) in [6, 6.07) is 49.8. The number of hydrogen-bond donors (Lipinski definition) is 0. The van der Waals surface area contributed by atoms with Gasteiger partial charge in [0.1, 0.15) is 0 Å². The van der Waals surface area contributed by atoms with Crippen molar-refractivity contribution in [1.82, 2.24) is 0 Å². The molecule has 0 radical (unpaired) electrons. The average molecular weight is 883 g/mol. The second-order valence-electron chi connectivity index (χ2n) is 23.7. The number of rotatable bonds is 16. The van der Waals surface area contributed by atoms with Crippen LogP contribution in [0.3, 0.4) is 0 Å². The third kappa shape index (κ3) is 1.24. The number of hydrogen-bond acceptors (Lipinski definition) is 2. The monoisotopic (exact) mass is 882 g/mol. The molecule has 9 unspecified atom stereocenters. The molecule has 0 aromatic heterocycles. The molecule has 0 bridgehead atoms. The standard InChI is InChI=1S/C42H47O2P2.C11H18P.Fe/c1-4-5-27-37-38(42(2,3)29-28-40-43-30-18-31-44-40)32-39(45(33-19-10-6-11-20-33)34-21-12-7-13-22-34)41(37)46(35-23-14-8-15-24-35)36-25-16-9-17-26-36;1-9(2)12(10(3)4)11-7-5-6-8-11;/h6-17,19-26,32,40H,4-5,18,27-31H2,1-3H3;5-10H,1-4H3;. The van der Waals surface area contributed by atoms with Crippen molar-refractivity contribution < 1.29 is 16.0 Å². The fraction of sp³-hybridized carbons (Fsp3) is 0.547. The van der Waals surface area contributed by atoms with Gasteiger partial charge in [-0.2, -0.15) is 0 Å². The van der Waals surface area contributed by atoms with E-state index in [0.717, 1.165) is 61.5 Å². The first-order valence-corrected chi connectivity index (χ1v) is 33.6. The fourth-order valence-electron chi connectivity index (χ4n) is 28.9. The van der Waals surface area contributed by atoms with Crippen LogP contribution in [0.15, 0.2) is 121 Å². The number of fused-ring (bicyclic) bond motifs is 10. The summed E-state index contributed by atoms with van der Waals surface area (Å²) in [5.74, 6) is 0. The molecule has 1 spiro atoms. The summed E-state index contributed by atoms with van der Waals surface area (Å²) in [6.07, 6.45) is 7.61. The van der Waals surface area contributed by atoms with Gasteiger partial charge in [0.25, 0.3) is 0 Å². The van der Waals surface area contributed by atoms with Crippen molar-refractivity contribution in [1.29, 1.82) is 0 Å². The van der Waals surface area contributed by atoms with Gasteiger partial charge in [-0.25, -0.2) is 0 Å². The molecule has 0 aliphatic carbocycles. The molecule has 11 aliphatic heterocycles. The van der Waals surface area contributed by atoms with E-state index >= 15 is 0 Å². The molecule has 6 heteroatoms. The van der Waals surface area contributed by atoms with Gasteiger partial charge in [-0.3, -0.25) is 0 Å². The van der Waals surface area contributed by atoms with Crippen LogP contribution in [-0.4, -0.2) is 43.0 Å². The molecule has 11 fully saturated rings. The summed E-state index contributed by atoms with van der Waals surface area (Å²) in [5.41, 5.74) is 1.83. The van der Waals surface area contributed by atoms with Gasteiger partial charge in [-0.15, -0.1) is 0 Å². The van der Waals surface area contributed by atoms with Crippen LogP contribution < -0.4 is 21.2 Å². The van der Waals surface area contributed by atoms with Crippen LogP contribution in [0.4, 0.5) is 0 Å². The van der Waals surface area contributed by atoms with Crippen LogP contribution in [-0.2, 0) is 16.0 Å². The summed E-state index contributed by atoms with van der Waals surface area (Å²) in [4.78, 5) is 5.35. The molecule has 9 atom stereocenters. The first kappa shape index (κ1) is 36.0. The first-order chi connectivity index (χ1) is 28.4. The predicted molar refractivity (Wildman–Crippen MR) is 251 cm³/mol. The van der Waals surface area contributed by atoms with E-state index < -0.39 is 22.4 Å². The Bertz CT molecular complexity index is 2810. The molecular weight excluding hydrogens is 817 g/mol. The Kier molecular flexibility index (Phi) is 4.47. The van der Waals surface area contributed by atoms with Crippen molar-refractivity contribution in [3.8, 4) is 0 Å². The summed E-state index contributed by atoms with van der Waals surface area (Å²) in [5, 5.41) is 6.87. The van der Waals surface area contributed by atoms with E-state index in [0.29, 0.717) is 20.8 Å². The molecular formula is C53H65FeO2P3. The van der Waals surface area contributed by atoms with Gasteiger partial charge in [0, 0.05) is 0 Å². The van der Waals surface area contributed by atoms with E-state index in [1.54, 1.807) is 21.2 Å². The Labute approximate surface area is 348 Å². The zero-order chi connectivity index (χ0) is 40.2. The minimum absolute atomic E-state index is 0.0279. The minimum atomic E-state index is -5.20. The van der Waals surface area contributed by atoms with E-state index in [1.807, 2.05) is 0 Å². The van der Waals surface area contributed by atoms with Crippen LogP contribution in [0.25, 0.3) is 0 Å². The normalized spacial score (nSPS) is 50.3. The third-order valence-corrected chi connectivity index (χ3v) is 91.9. The Morgan fingerprint density at radius 1 is 0.678 bits per heavy atom. The number of unbranched alkanes of at least 4 members (excludes halogenated alkanes) is 1. The Hall–Kier alpha value is -1.39. The molecule has 11 saturated heterocycles. The molecule has 0 N–H and O–H groups in total. The summed E-state index contributed by atoms with van der Waals surface area (Å²) >= 11 is 0. The van der Waals surface area contributed by atoms with Crippen LogP contribution in [0.1, 0.15) is 87.0 Å². The van der Waals surface area contributed by atoms with Gasteiger partial charge in [0.05, 0.1) is 0 Å². The van der Waals surface area contributed by atoms with Crippen molar-refractivity contribution in [2.45, 2.75) is 149 Å². The van der Waals surface area contributed by atoms with Gasteiger partial charge in [-0.05, 0) is 0 Å². The summed E-state index contributed by atoms with van der Waals surface area (Å²) in [7, 11) is -1.37. The molecule has 11 aliphatic rings. The van der Waals surface area contributed by atoms with Crippen molar-refractivity contribution in [2.24, 2.45) is 5.41 Å². The molecule has 0 amide bonds. The topological polar surface area (TPSA) is 18.5 Å². The molecule has 0 saturated carbocycles. The SMILES string of the molecule is CCCC[C]12[C]3(C(C)(C)CCC4OCCCO4)[CH]4[C]5(P(c6ccccc6)c6ccccc6)[C]1(P(c1ccccc1)c1ccccc1)[Fe]45231678[CH]2[CH]1[CH]6[C]7(P(C(C)C)C(C)C)[CH]28. The van der Waals surface area contributed by atoms with E-state index in [4.69, 9.17) is 9.47 Å². The second kappa shape index (κ2) is 7.32. The molecule has 11 heterocycles. The Balaban J connectivity index is 1.13. The third-order valence-electron chi connectivity index (χ3n) is 25.4. The Morgan fingerprint density at radius 3 is 1.56 bits per heavy atom. The van der Waals surface area contributed by atoms with Gasteiger partial charge < -0.3 is 0 Å². The van der Waals surface area contributed by atoms with Crippen LogP contribution in [0, 0.1) is 5.41 Å². The van der Waals surface area contributed by atoms with Crippen LogP contribution in [0.2, 0.25) is 32.7 Å². The van der Waals surface area contributed by atoms with Gasteiger partial charge in [-0.1, -0.05) is 0 Å². The molecule has 15 rings (SSSR count). The fourth-order valence-corrected chi connectivity index (χ4v) is 160. The molecule has 2 nitrogen and oxygen atoms in total. The zero-order valence-electron chi connectivity index (χ0n) is 36.3. The van der Waals surface area contributed by atoms with E-state index in [9.17, 15) is 0 Å². The van der Waals surface area contributed by atoms with Crippen LogP contribution >= 0.6 is 23.8 Å². The number of ether oxygens (including phenoxy) is 2. The van der Waals surface area contributed by atoms with E-state index in [-0.39, 0.29) is 19.6 Å². The van der Waals surface area contributed by atoms with Crippen LogP contribution in [0.5, 0.6) is 0 Å². The van der Waals surface area contributed by atoms with Crippen molar-refractivity contribution in [3.63, 3.8) is 0 Å². The van der Waals surface area contributed by atoms with E-state index in [2.05, 4.69) is 170 Å². The maximum atomic E-state index is 6.43. The zero-order valence-corrected chi connectivity index (χ0v) is 40.1. The molecule has 59 heavy (non-hydrogen) atoms. The average Bonchev–Trinajstić information content (AvgIpc) is 4.22. The van der Waals surface area contributed by atoms with Gasteiger partial charge in [0.15, 0.2) is 0 Å². The quantitative estimate of drug-likeness (QED) is 0.0824. The molecule has 312 valence electrons. The second-order valence-corrected chi connectivity index (χ2v) is 55.6. The molecule has 4 aromatic rings. The predicted octanol–water partition coefficient (Wildman–Crippen LogP) is 13.2. The Morgan fingerprint density at radius 2 is 1.14 bits per heavy atom. The molecule has 4 aromatic carbocycles. The van der Waals surface area contributed by atoms with Crippen molar-refractivity contribution in [2.75, 3.05) is 13.2 Å².